The van der Waals surface area contributed by atoms with Crippen LogP contribution in [0.4, 0.5) is 5.69 Å². The summed E-state index contributed by atoms with van der Waals surface area (Å²) in [6, 6.07) is 17.4. The van der Waals surface area contributed by atoms with Gasteiger partial charge in [-0.2, -0.15) is 5.10 Å². The lowest BCUT2D eigenvalue weighted by Crippen LogP contribution is -2.17. The molecule has 0 saturated carbocycles. The fourth-order valence-electron chi connectivity index (χ4n) is 3.71. The normalized spacial score (nSPS) is 10.9. The van der Waals surface area contributed by atoms with Gasteiger partial charge in [0, 0.05) is 28.2 Å². The molecule has 6 heteroatoms. The molecule has 0 saturated heterocycles. The molecular formula is C24H24N4O2. The summed E-state index contributed by atoms with van der Waals surface area (Å²) in [5.41, 5.74) is 7.21. The highest BCUT2D eigenvalue weighted by Crippen LogP contribution is 2.29. The van der Waals surface area contributed by atoms with Gasteiger partial charge in [-0.3, -0.25) is 4.79 Å². The number of nitrogens with one attached hydrogen (secondary N) is 1. The number of ether oxygens (including phenoxy) is 1. The van der Waals surface area contributed by atoms with Crippen LogP contribution >= 0.6 is 0 Å². The van der Waals surface area contributed by atoms with Crippen molar-refractivity contribution in [2.75, 3.05) is 12.4 Å². The van der Waals surface area contributed by atoms with Crippen LogP contribution in [0, 0.1) is 20.8 Å². The number of fused-ring (bicyclic) bond motifs is 1. The Morgan fingerprint density at radius 2 is 1.70 bits per heavy atom. The summed E-state index contributed by atoms with van der Waals surface area (Å²) in [6.45, 7) is 5.92. The first-order valence-corrected chi connectivity index (χ1v) is 9.82. The Bertz CT molecular complexity index is 1210. The highest BCUT2D eigenvalue weighted by atomic mass is 16.5. The number of amides is 1. The van der Waals surface area contributed by atoms with Crippen molar-refractivity contribution in [3.63, 3.8) is 0 Å². The summed E-state index contributed by atoms with van der Waals surface area (Å²) in [7, 11) is 1.61. The highest BCUT2D eigenvalue weighted by Gasteiger charge is 2.19. The van der Waals surface area contributed by atoms with Gasteiger partial charge in [0.05, 0.1) is 19.2 Å². The Morgan fingerprint density at radius 3 is 2.37 bits per heavy atom. The molecule has 1 N–H and O–H groups in total. The molecule has 2 heterocycles. The van der Waals surface area contributed by atoms with Gasteiger partial charge in [0.25, 0.3) is 0 Å². The van der Waals surface area contributed by atoms with Gasteiger partial charge in [-0.05, 0) is 50.6 Å². The quantitative estimate of drug-likeness (QED) is 0.535. The van der Waals surface area contributed by atoms with Gasteiger partial charge in [-0.1, -0.05) is 30.3 Å². The fraction of sp³-hybridized carbons (Fsp3) is 0.208. The Kier molecular flexibility index (Phi) is 5.23. The van der Waals surface area contributed by atoms with Crippen LogP contribution in [-0.4, -0.2) is 27.6 Å². The number of carbonyl (C=O) groups is 1. The molecule has 0 aliphatic carbocycles. The summed E-state index contributed by atoms with van der Waals surface area (Å²) in [5.74, 6) is 0.650. The van der Waals surface area contributed by atoms with Crippen molar-refractivity contribution in [1.82, 2.24) is 14.6 Å². The topological polar surface area (TPSA) is 68.5 Å². The molecule has 0 spiro atoms. The Hall–Kier alpha value is -3.67. The SMILES string of the molecule is COc1ccc(NC(=O)Cc2c(C)nc3c(-c4ccccc4)c(C)nn3c2C)cc1. The Balaban J connectivity index is 1.65. The van der Waals surface area contributed by atoms with Crippen LogP contribution in [0.25, 0.3) is 16.8 Å². The van der Waals surface area contributed by atoms with Gasteiger partial charge in [-0.25, -0.2) is 9.50 Å². The van der Waals surface area contributed by atoms with Crippen LogP contribution in [0.3, 0.4) is 0 Å². The number of methoxy groups -OCH3 is 1. The molecule has 0 unspecified atom stereocenters. The fourth-order valence-corrected chi connectivity index (χ4v) is 3.71. The maximum Gasteiger partial charge on any atom is 0.228 e. The number of benzene rings is 2. The number of nitrogens with zero attached hydrogens (tertiary/aromatic N) is 3. The van der Waals surface area contributed by atoms with Gasteiger partial charge in [0.15, 0.2) is 5.65 Å². The molecule has 152 valence electrons. The second-order valence-corrected chi connectivity index (χ2v) is 7.28. The molecule has 30 heavy (non-hydrogen) atoms. The van der Waals surface area contributed by atoms with E-state index < -0.39 is 0 Å². The largest absolute Gasteiger partial charge is 0.497 e. The van der Waals surface area contributed by atoms with E-state index in [9.17, 15) is 4.79 Å². The smallest absolute Gasteiger partial charge is 0.228 e. The lowest BCUT2D eigenvalue weighted by molar-refractivity contribution is -0.115. The molecule has 2 aromatic carbocycles. The Labute approximate surface area is 175 Å². The van der Waals surface area contributed by atoms with Gasteiger partial charge in [0.1, 0.15) is 5.75 Å². The minimum atomic E-state index is -0.0975. The maximum atomic E-state index is 12.7. The number of hydrogen-bond acceptors (Lipinski definition) is 4. The Morgan fingerprint density at radius 1 is 1.00 bits per heavy atom. The van der Waals surface area contributed by atoms with E-state index in [0.29, 0.717) is 0 Å². The number of rotatable bonds is 5. The molecule has 0 atom stereocenters. The van der Waals surface area contributed by atoms with Crippen LogP contribution < -0.4 is 10.1 Å². The standard InChI is InChI=1S/C24H24N4O2/c1-15-21(14-22(29)26-19-10-12-20(30-4)13-11-19)17(3)28-24(25-15)23(16(2)27-28)18-8-6-5-7-9-18/h5-13H,14H2,1-4H3,(H,26,29). The van der Waals surface area contributed by atoms with E-state index in [1.165, 1.54) is 0 Å². The molecule has 0 radical (unpaired) electrons. The third-order valence-corrected chi connectivity index (χ3v) is 5.27. The predicted octanol–water partition coefficient (Wildman–Crippen LogP) is 4.51. The minimum absolute atomic E-state index is 0.0975. The summed E-state index contributed by atoms with van der Waals surface area (Å²) in [6.07, 6.45) is 0.228. The van der Waals surface area contributed by atoms with Crippen LogP contribution in [0.1, 0.15) is 22.6 Å². The molecule has 0 aliphatic rings. The van der Waals surface area contributed by atoms with E-state index >= 15 is 0 Å². The summed E-state index contributed by atoms with van der Waals surface area (Å²) in [5, 5.41) is 7.64. The number of aryl methyl sites for hydroxylation is 3. The minimum Gasteiger partial charge on any atom is -0.497 e. The van der Waals surface area contributed by atoms with E-state index in [1.807, 2.05) is 67.8 Å². The molecule has 0 bridgehead atoms. The zero-order valence-corrected chi connectivity index (χ0v) is 17.6. The van der Waals surface area contributed by atoms with Crippen LogP contribution in [-0.2, 0) is 11.2 Å². The monoisotopic (exact) mass is 400 g/mol. The van der Waals surface area contributed by atoms with E-state index in [1.54, 1.807) is 7.11 Å². The molecule has 1 amide bonds. The third kappa shape index (κ3) is 3.64. The molecule has 4 rings (SSSR count). The van der Waals surface area contributed by atoms with Crippen molar-refractivity contribution in [2.45, 2.75) is 27.2 Å². The molecule has 6 nitrogen and oxygen atoms in total. The summed E-state index contributed by atoms with van der Waals surface area (Å²) >= 11 is 0. The zero-order chi connectivity index (χ0) is 21.3. The van der Waals surface area contributed by atoms with E-state index in [0.717, 1.165) is 50.9 Å². The van der Waals surface area contributed by atoms with Crippen molar-refractivity contribution in [3.05, 3.63) is 77.2 Å². The van der Waals surface area contributed by atoms with Crippen molar-refractivity contribution in [1.29, 1.82) is 0 Å². The second-order valence-electron chi connectivity index (χ2n) is 7.28. The number of aromatic nitrogens is 3. The van der Waals surface area contributed by atoms with Crippen LogP contribution in [0.2, 0.25) is 0 Å². The lowest BCUT2D eigenvalue weighted by Gasteiger charge is -2.12. The molecular weight excluding hydrogens is 376 g/mol. The van der Waals surface area contributed by atoms with Crippen molar-refractivity contribution in [2.24, 2.45) is 0 Å². The van der Waals surface area contributed by atoms with Crippen LogP contribution in [0.15, 0.2) is 54.6 Å². The van der Waals surface area contributed by atoms with E-state index in [2.05, 4.69) is 17.4 Å². The van der Waals surface area contributed by atoms with E-state index in [4.69, 9.17) is 14.8 Å². The summed E-state index contributed by atoms with van der Waals surface area (Å²) in [4.78, 5) is 17.5. The zero-order valence-electron chi connectivity index (χ0n) is 17.6. The first-order valence-electron chi connectivity index (χ1n) is 9.82. The lowest BCUT2D eigenvalue weighted by atomic mass is 10.1. The van der Waals surface area contributed by atoms with Crippen molar-refractivity contribution < 1.29 is 9.53 Å². The average Bonchev–Trinajstić information content (AvgIpc) is 3.08. The maximum absolute atomic E-state index is 12.7. The predicted molar refractivity (Wildman–Crippen MR) is 118 cm³/mol. The first-order chi connectivity index (χ1) is 14.5. The third-order valence-electron chi connectivity index (χ3n) is 5.27. The van der Waals surface area contributed by atoms with Gasteiger partial charge < -0.3 is 10.1 Å². The van der Waals surface area contributed by atoms with Crippen molar-refractivity contribution in [3.8, 4) is 16.9 Å². The van der Waals surface area contributed by atoms with Gasteiger partial charge in [0.2, 0.25) is 5.91 Å². The van der Waals surface area contributed by atoms with Crippen LogP contribution in [0.5, 0.6) is 5.75 Å². The van der Waals surface area contributed by atoms with Gasteiger partial charge >= 0.3 is 0 Å². The molecule has 0 aliphatic heterocycles. The molecule has 4 aromatic rings. The van der Waals surface area contributed by atoms with E-state index in [-0.39, 0.29) is 12.3 Å². The van der Waals surface area contributed by atoms with Crippen molar-refractivity contribution >= 4 is 17.2 Å². The number of hydrogen-bond donors (Lipinski definition) is 1. The second kappa shape index (κ2) is 7.99. The molecule has 0 fully saturated rings. The number of carbonyl (C=O) groups excluding carboxylic acids is 1. The average molecular weight is 400 g/mol. The first kappa shape index (κ1) is 19.6. The molecule has 2 aromatic heterocycles. The van der Waals surface area contributed by atoms with Gasteiger partial charge in [-0.15, -0.1) is 0 Å². The highest BCUT2D eigenvalue weighted by molar-refractivity contribution is 5.92. The summed E-state index contributed by atoms with van der Waals surface area (Å²) < 4.78 is 7.00. The number of anilines is 1.